The molecule has 1 aliphatic carbocycles. The lowest BCUT2D eigenvalue weighted by molar-refractivity contribution is 0.0673. The lowest BCUT2D eigenvalue weighted by Crippen LogP contribution is -2.36. The quantitative estimate of drug-likeness (QED) is 0.680. The highest BCUT2D eigenvalue weighted by Gasteiger charge is 2.26. The van der Waals surface area contributed by atoms with E-state index in [0.29, 0.717) is 17.4 Å². The Balaban J connectivity index is 1.86. The van der Waals surface area contributed by atoms with Gasteiger partial charge in [-0.05, 0) is 37.7 Å². The highest BCUT2D eigenvalue weighted by atomic mass is 32.1. The number of aliphatic hydroxyl groups is 2. The molecule has 0 bridgehead atoms. The van der Waals surface area contributed by atoms with E-state index in [1.807, 2.05) is 6.92 Å². The topological polar surface area (TPSA) is 104 Å². The van der Waals surface area contributed by atoms with Crippen molar-refractivity contribution in [1.29, 1.82) is 0 Å². The molecule has 0 fully saturated rings. The SMILES string of the molecule is Cc1nc2sc3c(c2c2nc(C(=O)N(CCO)CCO)nn12)CC(C)CC3. The van der Waals surface area contributed by atoms with E-state index in [0.717, 1.165) is 23.1 Å². The minimum Gasteiger partial charge on any atom is -0.395 e. The minimum atomic E-state index is -0.396. The summed E-state index contributed by atoms with van der Waals surface area (Å²) in [6.07, 6.45) is 3.24. The second-order valence-electron chi connectivity index (χ2n) is 7.10. The molecule has 1 aliphatic rings. The summed E-state index contributed by atoms with van der Waals surface area (Å²) in [4.78, 5) is 25.7. The van der Waals surface area contributed by atoms with Gasteiger partial charge in [0.05, 0.1) is 18.6 Å². The third-order valence-electron chi connectivity index (χ3n) is 5.11. The minimum absolute atomic E-state index is 0.0677. The number of amides is 1. The first-order valence-electron chi connectivity index (χ1n) is 9.22. The number of hydrogen-bond acceptors (Lipinski definition) is 7. The van der Waals surface area contributed by atoms with E-state index in [9.17, 15) is 15.0 Å². The third-order valence-corrected chi connectivity index (χ3v) is 6.29. The van der Waals surface area contributed by atoms with Crippen LogP contribution in [0.3, 0.4) is 0 Å². The van der Waals surface area contributed by atoms with Gasteiger partial charge in [0.15, 0.2) is 5.65 Å². The Kier molecular flexibility index (Phi) is 4.83. The Bertz CT molecular complexity index is 1010. The van der Waals surface area contributed by atoms with Crippen LogP contribution in [0.2, 0.25) is 0 Å². The van der Waals surface area contributed by atoms with Crippen LogP contribution >= 0.6 is 11.3 Å². The fraction of sp³-hybridized carbons (Fsp3) is 0.556. The molecule has 1 atom stereocenters. The molecule has 0 saturated carbocycles. The zero-order valence-corrected chi connectivity index (χ0v) is 16.3. The molecule has 3 aromatic rings. The summed E-state index contributed by atoms with van der Waals surface area (Å²) in [5.41, 5.74) is 1.96. The van der Waals surface area contributed by atoms with E-state index in [2.05, 4.69) is 17.0 Å². The number of aliphatic hydroxyl groups excluding tert-OH is 2. The Morgan fingerprint density at radius 2 is 2.04 bits per heavy atom. The lowest BCUT2D eigenvalue weighted by Gasteiger charge is -2.18. The van der Waals surface area contributed by atoms with Gasteiger partial charge in [-0.1, -0.05) is 6.92 Å². The molecule has 1 unspecified atom stereocenters. The van der Waals surface area contributed by atoms with E-state index in [4.69, 9.17) is 4.98 Å². The molecule has 8 nitrogen and oxygen atoms in total. The summed E-state index contributed by atoms with van der Waals surface area (Å²) in [6.45, 7) is 4.02. The summed E-state index contributed by atoms with van der Waals surface area (Å²) in [6, 6.07) is 0. The number of aryl methyl sites for hydroxylation is 2. The van der Waals surface area contributed by atoms with Crippen LogP contribution in [0.5, 0.6) is 0 Å². The Hall–Kier alpha value is -2.10. The highest BCUT2D eigenvalue weighted by molar-refractivity contribution is 7.19. The van der Waals surface area contributed by atoms with Crippen LogP contribution in [-0.2, 0) is 12.8 Å². The largest absolute Gasteiger partial charge is 0.395 e. The van der Waals surface area contributed by atoms with Gasteiger partial charge in [0.2, 0.25) is 5.82 Å². The molecule has 144 valence electrons. The first-order chi connectivity index (χ1) is 13.0. The first kappa shape index (κ1) is 18.3. The van der Waals surface area contributed by atoms with Gasteiger partial charge in [0.1, 0.15) is 10.7 Å². The molecule has 4 rings (SSSR count). The summed E-state index contributed by atoms with van der Waals surface area (Å²) in [5.74, 6) is 0.974. The van der Waals surface area contributed by atoms with Crippen LogP contribution in [0.1, 0.15) is 40.2 Å². The van der Waals surface area contributed by atoms with E-state index in [1.165, 1.54) is 21.8 Å². The molecular weight excluding hydrogens is 366 g/mol. The average molecular weight is 389 g/mol. The van der Waals surface area contributed by atoms with Gasteiger partial charge in [0.25, 0.3) is 5.91 Å². The molecule has 9 heteroatoms. The summed E-state index contributed by atoms with van der Waals surface area (Å²) in [7, 11) is 0. The summed E-state index contributed by atoms with van der Waals surface area (Å²) in [5, 5.41) is 23.8. The number of carbonyl (C=O) groups is 1. The molecule has 0 aliphatic heterocycles. The molecule has 0 spiro atoms. The van der Waals surface area contributed by atoms with Gasteiger partial charge in [0, 0.05) is 18.0 Å². The molecular formula is C18H23N5O3S. The standard InChI is InChI=1S/C18H23N5O3S/c1-10-3-4-13-12(9-10)14-16-20-15(18(26)22(5-7-24)6-8-25)21-23(16)11(2)19-17(14)27-13/h10,24-25H,3-9H2,1-2H3. The molecule has 27 heavy (non-hydrogen) atoms. The number of aromatic nitrogens is 4. The fourth-order valence-electron chi connectivity index (χ4n) is 3.74. The van der Waals surface area contributed by atoms with E-state index < -0.39 is 5.91 Å². The Morgan fingerprint density at radius 3 is 2.74 bits per heavy atom. The number of hydrogen-bond donors (Lipinski definition) is 2. The smallest absolute Gasteiger partial charge is 0.293 e. The van der Waals surface area contributed by atoms with Gasteiger partial charge in [-0.2, -0.15) is 4.52 Å². The van der Waals surface area contributed by atoms with Crippen molar-refractivity contribution in [2.75, 3.05) is 26.3 Å². The lowest BCUT2D eigenvalue weighted by atomic mass is 9.89. The maximum atomic E-state index is 12.8. The molecule has 1 amide bonds. The van der Waals surface area contributed by atoms with Gasteiger partial charge >= 0.3 is 0 Å². The summed E-state index contributed by atoms with van der Waals surface area (Å²) < 4.78 is 1.64. The van der Waals surface area contributed by atoms with E-state index >= 15 is 0 Å². The maximum absolute atomic E-state index is 12.8. The molecule has 3 aromatic heterocycles. The number of thiophene rings is 1. The number of rotatable bonds is 5. The van der Waals surface area contributed by atoms with Crippen molar-refractivity contribution in [1.82, 2.24) is 24.5 Å². The summed E-state index contributed by atoms with van der Waals surface area (Å²) >= 11 is 1.72. The average Bonchev–Trinajstić information content (AvgIpc) is 3.22. The third kappa shape index (κ3) is 3.09. The van der Waals surface area contributed by atoms with Gasteiger partial charge < -0.3 is 15.1 Å². The Morgan fingerprint density at radius 1 is 1.30 bits per heavy atom. The predicted octanol–water partition coefficient (Wildman–Crippen LogP) is 1.20. The van der Waals surface area contributed by atoms with Crippen molar-refractivity contribution in [3.05, 3.63) is 22.1 Å². The van der Waals surface area contributed by atoms with E-state index in [1.54, 1.807) is 15.9 Å². The van der Waals surface area contributed by atoms with Crippen LogP contribution in [0.4, 0.5) is 0 Å². The zero-order chi connectivity index (χ0) is 19.1. The molecule has 0 aromatic carbocycles. The zero-order valence-electron chi connectivity index (χ0n) is 15.5. The van der Waals surface area contributed by atoms with Crippen molar-refractivity contribution < 1.29 is 15.0 Å². The molecule has 3 heterocycles. The van der Waals surface area contributed by atoms with Gasteiger partial charge in [-0.25, -0.2) is 9.97 Å². The van der Waals surface area contributed by atoms with Crippen molar-refractivity contribution >= 4 is 33.1 Å². The number of fused-ring (bicyclic) bond motifs is 5. The van der Waals surface area contributed by atoms with Gasteiger partial charge in [-0.15, -0.1) is 16.4 Å². The monoisotopic (exact) mass is 389 g/mol. The molecule has 0 saturated heterocycles. The van der Waals surface area contributed by atoms with Crippen molar-refractivity contribution in [2.24, 2.45) is 5.92 Å². The second kappa shape index (κ2) is 7.14. The second-order valence-corrected chi connectivity index (χ2v) is 8.18. The van der Waals surface area contributed by atoms with Crippen molar-refractivity contribution in [3.63, 3.8) is 0 Å². The van der Waals surface area contributed by atoms with Crippen LogP contribution in [-0.4, -0.2) is 66.9 Å². The van der Waals surface area contributed by atoms with Crippen LogP contribution in [0.25, 0.3) is 15.9 Å². The Labute approximate surface area is 160 Å². The fourth-order valence-corrected chi connectivity index (χ4v) is 4.99. The number of carbonyl (C=O) groups excluding carboxylic acids is 1. The highest BCUT2D eigenvalue weighted by Crippen LogP contribution is 2.39. The van der Waals surface area contributed by atoms with Crippen LogP contribution in [0.15, 0.2) is 0 Å². The van der Waals surface area contributed by atoms with Crippen molar-refractivity contribution in [3.8, 4) is 0 Å². The normalized spacial score (nSPS) is 16.8. The maximum Gasteiger partial charge on any atom is 0.293 e. The molecule has 2 N–H and O–H groups in total. The van der Waals surface area contributed by atoms with Crippen molar-refractivity contribution in [2.45, 2.75) is 33.1 Å². The van der Waals surface area contributed by atoms with Crippen LogP contribution in [0, 0.1) is 12.8 Å². The van der Waals surface area contributed by atoms with Crippen LogP contribution < -0.4 is 0 Å². The predicted molar refractivity (Wildman–Crippen MR) is 102 cm³/mol. The van der Waals surface area contributed by atoms with Gasteiger partial charge in [-0.3, -0.25) is 4.79 Å². The number of nitrogens with zero attached hydrogens (tertiary/aromatic N) is 5. The molecule has 0 radical (unpaired) electrons. The first-order valence-corrected chi connectivity index (χ1v) is 10.0. The van der Waals surface area contributed by atoms with E-state index in [-0.39, 0.29) is 32.1 Å².